The van der Waals surface area contributed by atoms with Crippen molar-refractivity contribution in [3.8, 4) is 6.19 Å². The zero-order valence-electron chi connectivity index (χ0n) is 9.42. The lowest BCUT2D eigenvalue weighted by molar-refractivity contribution is -0.125. The normalized spacial score (nSPS) is 9.41. The molecule has 0 fully saturated rings. The molecule has 1 aromatic carbocycles. The molecule has 17 heavy (non-hydrogen) atoms. The van der Waals surface area contributed by atoms with Crippen LogP contribution < -0.4 is 0 Å². The molecular formula is C12H12N2O2S. The first-order chi connectivity index (χ1) is 8.15. The summed E-state index contributed by atoms with van der Waals surface area (Å²) < 4.78 is 0. The molecular weight excluding hydrogens is 236 g/mol. The van der Waals surface area contributed by atoms with Crippen LogP contribution in [0.25, 0.3) is 0 Å². The largest absolute Gasteiger partial charge is 0.282 e. The van der Waals surface area contributed by atoms with Crippen LogP contribution in [-0.2, 0) is 4.79 Å². The maximum absolute atomic E-state index is 11.7. The van der Waals surface area contributed by atoms with E-state index in [1.54, 1.807) is 30.5 Å². The highest BCUT2D eigenvalue weighted by atomic mass is 32.2. The summed E-state index contributed by atoms with van der Waals surface area (Å²) in [5.41, 5.74) is 0.629. The Labute approximate surface area is 104 Å². The Bertz CT molecular complexity index is 440. The minimum Gasteiger partial charge on any atom is -0.282 e. The van der Waals surface area contributed by atoms with Crippen LogP contribution in [-0.4, -0.2) is 28.2 Å². The molecule has 1 aromatic rings. The molecule has 0 aromatic heterocycles. The lowest BCUT2D eigenvalue weighted by atomic mass is 10.2. The molecule has 0 spiro atoms. The van der Waals surface area contributed by atoms with Gasteiger partial charge in [0.15, 0.2) is 6.19 Å². The smallest absolute Gasteiger partial charge is 0.232 e. The van der Waals surface area contributed by atoms with Crippen LogP contribution in [0.4, 0.5) is 0 Å². The minimum atomic E-state index is -0.305. The Morgan fingerprint density at radius 1 is 1.35 bits per heavy atom. The van der Waals surface area contributed by atoms with Gasteiger partial charge in [-0.25, -0.2) is 4.90 Å². The second-order valence-corrected chi connectivity index (χ2v) is 4.34. The standard InChI is InChI=1S/C12H12N2O2S/c1-10(15)14(9-13)7-8-17-12(16)11-5-3-2-4-6-11/h2-6H,7-8H2,1H3. The van der Waals surface area contributed by atoms with Crippen molar-refractivity contribution in [3.63, 3.8) is 0 Å². The number of benzene rings is 1. The van der Waals surface area contributed by atoms with Crippen LogP contribution in [0, 0.1) is 11.5 Å². The van der Waals surface area contributed by atoms with Gasteiger partial charge in [-0.3, -0.25) is 9.59 Å². The molecule has 1 rings (SSSR count). The number of thioether (sulfide) groups is 1. The van der Waals surface area contributed by atoms with Crippen LogP contribution in [0.5, 0.6) is 0 Å². The maximum atomic E-state index is 11.7. The first-order valence-electron chi connectivity index (χ1n) is 5.05. The SMILES string of the molecule is CC(=O)N(C#N)CCSC(=O)c1ccccc1. The van der Waals surface area contributed by atoms with Crippen LogP contribution >= 0.6 is 11.8 Å². The number of nitriles is 1. The van der Waals surface area contributed by atoms with Crippen molar-refractivity contribution in [2.45, 2.75) is 6.92 Å². The van der Waals surface area contributed by atoms with Gasteiger partial charge in [0.25, 0.3) is 0 Å². The van der Waals surface area contributed by atoms with E-state index in [4.69, 9.17) is 5.26 Å². The van der Waals surface area contributed by atoms with Crippen molar-refractivity contribution in [2.75, 3.05) is 12.3 Å². The molecule has 88 valence electrons. The van der Waals surface area contributed by atoms with Gasteiger partial charge in [-0.2, -0.15) is 5.26 Å². The number of carbonyl (C=O) groups excluding carboxylic acids is 2. The first kappa shape index (κ1) is 13.3. The molecule has 0 aliphatic carbocycles. The van der Waals surface area contributed by atoms with Gasteiger partial charge in [0.1, 0.15) is 0 Å². The average Bonchev–Trinajstić information content (AvgIpc) is 2.35. The predicted molar refractivity (Wildman–Crippen MR) is 66.2 cm³/mol. The van der Waals surface area contributed by atoms with Gasteiger partial charge < -0.3 is 0 Å². The van der Waals surface area contributed by atoms with E-state index in [0.29, 0.717) is 11.3 Å². The summed E-state index contributed by atoms with van der Waals surface area (Å²) in [5, 5.41) is 8.59. The van der Waals surface area contributed by atoms with Crippen molar-refractivity contribution in [2.24, 2.45) is 0 Å². The van der Waals surface area contributed by atoms with E-state index in [9.17, 15) is 9.59 Å². The van der Waals surface area contributed by atoms with E-state index in [1.165, 1.54) is 6.92 Å². The fourth-order valence-corrected chi connectivity index (χ4v) is 1.93. The minimum absolute atomic E-state index is 0.0490. The molecule has 0 heterocycles. The molecule has 0 saturated heterocycles. The number of hydrogen-bond acceptors (Lipinski definition) is 4. The van der Waals surface area contributed by atoms with Crippen LogP contribution in [0.3, 0.4) is 0 Å². The highest BCUT2D eigenvalue weighted by Crippen LogP contribution is 2.12. The molecule has 4 nitrogen and oxygen atoms in total. The van der Waals surface area contributed by atoms with Crippen molar-refractivity contribution in [3.05, 3.63) is 35.9 Å². The summed E-state index contributed by atoms with van der Waals surface area (Å²) in [7, 11) is 0. The number of amides is 1. The average molecular weight is 248 g/mol. The lowest BCUT2D eigenvalue weighted by Gasteiger charge is -2.09. The number of rotatable bonds is 4. The fraction of sp³-hybridized carbons (Fsp3) is 0.250. The van der Waals surface area contributed by atoms with Crippen molar-refractivity contribution in [1.82, 2.24) is 4.90 Å². The maximum Gasteiger partial charge on any atom is 0.232 e. The number of hydrogen-bond donors (Lipinski definition) is 0. The third kappa shape index (κ3) is 4.29. The van der Waals surface area contributed by atoms with Crippen LogP contribution in [0.1, 0.15) is 17.3 Å². The van der Waals surface area contributed by atoms with Gasteiger partial charge >= 0.3 is 0 Å². The molecule has 0 aliphatic heterocycles. The Morgan fingerprint density at radius 3 is 2.53 bits per heavy atom. The van der Waals surface area contributed by atoms with Crippen molar-refractivity contribution >= 4 is 22.8 Å². The molecule has 1 amide bonds. The molecule has 0 unspecified atom stereocenters. The van der Waals surface area contributed by atoms with E-state index >= 15 is 0 Å². The van der Waals surface area contributed by atoms with Gasteiger partial charge in [0.05, 0.1) is 0 Å². The fourth-order valence-electron chi connectivity index (χ4n) is 1.17. The van der Waals surface area contributed by atoms with Gasteiger partial charge in [0, 0.05) is 24.8 Å². The third-order valence-electron chi connectivity index (χ3n) is 2.06. The van der Waals surface area contributed by atoms with Crippen molar-refractivity contribution in [1.29, 1.82) is 5.26 Å². The van der Waals surface area contributed by atoms with Crippen LogP contribution in [0.15, 0.2) is 30.3 Å². The zero-order chi connectivity index (χ0) is 12.7. The van der Waals surface area contributed by atoms with Gasteiger partial charge in [-0.1, -0.05) is 42.1 Å². The van der Waals surface area contributed by atoms with Gasteiger partial charge in [0.2, 0.25) is 11.0 Å². The number of carbonyl (C=O) groups is 2. The summed E-state index contributed by atoms with van der Waals surface area (Å²) in [6.07, 6.45) is 1.77. The molecule has 0 atom stereocenters. The third-order valence-corrected chi connectivity index (χ3v) is 2.94. The lowest BCUT2D eigenvalue weighted by Crippen LogP contribution is -2.25. The van der Waals surface area contributed by atoms with Gasteiger partial charge in [-0.15, -0.1) is 0 Å². The summed E-state index contributed by atoms with van der Waals surface area (Å²) in [5.74, 6) is 0.112. The summed E-state index contributed by atoms with van der Waals surface area (Å²) in [4.78, 5) is 23.6. The van der Waals surface area contributed by atoms with E-state index < -0.39 is 0 Å². The van der Waals surface area contributed by atoms with E-state index in [1.807, 2.05) is 6.07 Å². The van der Waals surface area contributed by atoms with E-state index in [-0.39, 0.29) is 17.6 Å². The van der Waals surface area contributed by atoms with Crippen molar-refractivity contribution < 1.29 is 9.59 Å². The molecule has 5 heteroatoms. The zero-order valence-corrected chi connectivity index (χ0v) is 10.2. The summed E-state index contributed by atoms with van der Waals surface area (Å²) in [6.45, 7) is 1.59. The first-order valence-corrected chi connectivity index (χ1v) is 6.03. The topological polar surface area (TPSA) is 61.2 Å². The Morgan fingerprint density at radius 2 is 2.00 bits per heavy atom. The summed E-state index contributed by atoms with van der Waals surface area (Å²) in [6, 6.07) is 8.91. The molecule has 0 bridgehead atoms. The highest BCUT2D eigenvalue weighted by Gasteiger charge is 2.09. The predicted octanol–water partition coefficient (Wildman–Crippen LogP) is 1.89. The molecule has 0 N–H and O–H groups in total. The molecule has 0 aliphatic rings. The van der Waals surface area contributed by atoms with Crippen LogP contribution in [0.2, 0.25) is 0 Å². The Balaban J connectivity index is 2.40. The Hall–Kier alpha value is -1.80. The van der Waals surface area contributed by atoms with E-state index in [0.717, 1.165) is 16.7 Å². The van der Waals surface area contributed by atoms with Gasteiger partial charge in [-0.05, 0) is 0 Å². The number of nitrogens with zero attached hydrogens (tertiary/aromatic N) is 2. The Kier molecular flexibility index (Phi) is 5.24. The highest BCUT2D eigenvalue weighted by molar-refractivity contribution is 8.14. The molecule has 0 radical (unpaired) electrons. The second kappa shape index (κ2) is 6.71. The molecule has 0 saturated carbocycles. The van der Waals surface area contributed by atoms with E-state index in [2.05, 4.69) is 0 Å². The second-order valence-electron chi connectivity index (χ2n) is 3.27. The monoisotopic (exact) mass is 248 g/mol. The quantitative estimate of drug-likeness (QED) is 0.603. The summed E-state index contributed by atoms with van der Waals surface area (Å²) >= 11 is 1.11.